The Morgan fingerprint density at radius 1 is 1.13 bits per heavy atom. The molecule has 0 atom stereocenters. The van der Waals surface area contributed by atoms with Gasteiger partial charge >= 0.3 is 6.09 Å². The molecule has 116 valence electrons. The van der Waals surface area contributed by atoms with Crippen molar-refractivity contribution in [2.75, 3.05) is 12.4 Å². The first kappa shape index (κ1) is 16.2. The van der Waals surface area contributed by atoms with E-state index in [-0.39, 0.29) is 5.56 Å². The van der Waals surface area contributed by atoms with Gasteiger partial charge in [0.15, 0.2) is 0 Å². The van der Waals surface area contributed by atoms with Gasteiger partial charge in [0, 0.05) is 5.56 Å². The van der Waals surface area contributed by atoms with Crippen LogP contribution in [0.15, 0.2) is 35.7 Å². The van der Waals surface area contributed by atoms with E-state index in [1.807, 2.05) is 11.4 Å². The quantitative estimate of drug-likeness (QED) is 0.898. The number of nitrogens with one attached hydrogen (secondary N) is 2. The summed E-state index contributed by atoms with van der Waals surface area (Å²) in [6.45, 7) is 0. The lowest BCUT2D eigenvalue weighted by Gasteiger charge is -2.06. The van der Waals surface area contributed by atoms with E-state index in [0.29, 0.717) is 16.1 Å². The number of anilines is 1. The van der Waals surface area contributed by atoms with Gasteiger partial charge in [-0.3, -0.25) is 14.9 Å². The molecule has 8 heteroatoms. The van der Waals surface area contributed by atoms with Crippen molar-refractivity contribution in [3.05, 3.63) is 52.4 Å². The predicted molar refractivity (Wildman–Crippen MR) is 83.3 cm³/mol. The Balaban J connectivity index is 2.13. The molecule has 0 saturated carbocycles. The molecule has 0 spiro atoms. The van der Waals surface area contributed by atoms with Gasteiger partial charge in [-0.15, -0.1) is 11.3 Å². The van der Waals surface area contributed by atoms with E-state index in [0.717, 1.165) is 18.4 Å². The lowest BCUT2D eigenvalue weighted by Crippen LogP contribution is -2.30. The normalized spacial score (nSPS) is 9.57. The van der Waals surface area contributed by atoms with Crippen molar-refractivity contribution < 1.29 is 19.1 Å². The number of thiophene rings is 1. The second-order valence-corrected chi connectivity index (χ2v) is 5.17. The van der Waals surface area contributed by atoms with Crippen LogP contribution in [0.5, 0.6) is 0 Å². The Labute approximate surface area is 135 Å². The van der Waals surface area contributed by atoms with Crippen molar-refractivity contribution in [3.8, 4) is 6.07 Å². The van der Waals surface area contributed by atoms with E-state index in [2.05, 4.69) is 10.1 Å². The van der Waals surface area contributed by atoms with Gasteiger partial charge in [0.05, 0.1) is 24.3 Å². The van der Waals surface area contributed by atoms with Crippen LogP contribution in [0.25, 0.3) is 0 Å². The molecule has 23 heavy (non-hydrogen) atoms. The number of nitriles is 1. The number of carbonyl (C=O) groups excluding carboxylic acids is 3. The summed E-state index contributed by atoms with van der Waals surface area (Å²) in [5.74, 6) is -1.10. The number of benzene rings is 1. The lowest BCUT2D eigenvalue weighted by molar-refractivity contribution is 0.0938. The molecule has 1 aromatic heterocycles. The van der Waals surface area contributed by atoms with Crippen molar-refractivity contribution >= 4 is 34.2 Å². The fourth-order valence-electron chi connectivity index (χ4n) is 1.67. The van der Waals surface area contributed by atoms with E-state index in [1.54, 1.807) is 5.38 Å². The summed E-state index contributed by atoms with van der Waals surface area (Å²) in [5, 5.41) is 15.3. The van der Waals surface area contributed by atoms with Gasteiger partial charge in [-0.25, -0.2) is 4.79 Å². The average molecular weight is 329 g/mol. The topological polar surface area (TPSA) is 108 Å². The zero-order valence-corrected chi connectivity index (χ0v) is 12.8. The summed E-state index contributed by atoms with van der Waals surface area (Å²) in [6, 6.07) is 9.51. The molecule has 0 aliphatic rings. The molecule has 0 saturated heterocycles. The second-order valence-electron chi connectivity index (χ2n) is 4.25. The average Bonchev–Trinajstić information content (AvgIpc) is 3.02. The number of amides is 3. The van der Waals surface area contributed by atoms with Crippen LogP contribution in [0.3, 0.4) is 0 Å². The highest BCUT2D eigenvalue weighted by molar-refractivity contribution is 7.14. The first-order valence-corrected chi connectivity index (χ1v) is 7.21. The highest BCUT2D eigenvalue weighted by atomic mass is 32.1. The van der Waals surface area contributed by atoms with Gasteiger partial charge in [0.2, 0.25) is 0 Å². The van der Waals surface area contributed by atoms with Crippen LogP contribution >= 0.6 is 11.3 Å². The second kappa shape index (κ2) is 7.20. The van der Waals surface area contributed by atoms with E-state index in [4.69, 9.17) is 5.26 Å². The molecule has 1 aromatic carbocycles. The summed E-state index contributed by atoms with van der Waals surface area (Å²) < 4.78 is 4.35. The minimum Gasteiger partial charge on any atom is -0.453 e. The third kappa shape index (κ3) is 3.93. The van der Waals surface area contributed by atoms with Crippen molar-refractivity contribution in [2.24, 2.45) is 0 Å². The first-order chi connectivity index (χ1) is 11.0. The number of rotatable bonds is 3. The number of hydrogen-bond acceptors (Lipinski definition) is 6. The summed E-state index contributed by atoms with van der Waals surface area (Å²) in [7, 11) is 1.14. The summed E-state index contributed by atoms with van der Waals surface area (Å²) >= 11 is 1.15. The van der Waals surface area contributed by atoms with Gasteiger partial charge < -0.3 is 10.1 Å². The molecule has 3 amide bonds. The monoisotopic (exact) mass is 329 g/mol. The fraction of sp³-hybridized carbons (Fsp3) is 0.0667. The van der Waals surface area contributed by atoms with E-state index in [9.17, 15) is 14.4 Å². The number of carbonyl (C=O) groups is 3. The van der Waals surface area contributed by atoms with Crippen molar-refractivity contribution in [1.29, 1.82) is 5.26 Å². The standard InChI is InChI=1S/C15H11N3O4S/c1-22-15(21)18-13(20)11-6-7-23-14(11)17-12(19)10-4-2-9(8-16)3-5-10/h2-7H,1H3,(H,17,19)(H,18,20,21). The van der Waals surface area contributed by atoms with Crippen LogP contribution in [0.4, 0.5) is 9.80 Å². The number of nitrogens with zero attached hydrogens (tertiary/aromatic N) is 1. The number of hydrogen-bond donors (Lipinski definition) is 2. The van der Waals surface area contributed by atoms with Crippen LogP contribution in [0, 0.1) is 11.3 Å². The van der Waals surface area contributed by atoms with E-state index < -0.39 is 17.9 Å². The molecule has 1 heterocycles. The number of imide groups is 1. The Morgan fingerprint density at radius 3 is 2.43 bits per heavy atom. The van der Waals surface area contributed by atoms with Gasteiger partial charge in [0.1, 0.15) is 5.00 Å². The van der Waals surface area contributed by atoms with Gasteiger partial charge in [-0.1, -0.05) is 0 Å². The van der Waals surface area contributed by atoms with Crippen molar-refractivity contribution in [2.45, 2.75) is 0 Å². The zero-order valence-electron chi connectivity index (χ0n) is 12.0. The van der Waals surface area contributed by atoms with Crippen LogP contribution in [0.2, 0.25) is 0 Å². The molecule has 2 rings (SSSR count). The highest BCUT2D eigenvalue weighted by Crippen LogP contribution is 2.24. The Morgan fingerprint density at radius 2 is 1.83 bits per heavy atom. The minimum atomic E-state index is -0.884. The van der Waals surface area contributed by atoms with Crippen molar-refractivity contribution in [3.63, 3.8) is 0 Å². The molecule has 2 aromatic rings. The Hall–Kier alpha value is -3.18. The highest BCUT2D eigenvalue weighted by Gasteiger charge is 2.18. The van der Waals surface area contributed by atoms with Gasteiger partial charge in [0.25, 0.3) is 11.8 Å². The maximum Gasteiger partial charge on any atom is 0.413 e. The summed E-state index contributed by atoms with van der Waals surface area (Å²) in [6.07, 6.45) is -0.884. The van der Waals surface area contributed by atoms with Gasteiger partial charge in [-0.05, 0) is 35.7 Å². The minimum absolute atomic E-state index is 0.155. The van der Waals surface area contributed by atoms with Crippen LogP contribution < -0.4 is 10.6 Å². The molecule has 0 aliphatic carbocycles. The van der Waals surface area contributed by atoms with Crippen molar-refractivity contribution in [1.82, 2.24) is 5.32 Å². The molecule has 0 radical (unpaired) electrons. The maximum atomic E-state index is 12.2. The molecule has 2 N–H and O–H groups in total. The number of ether oxygens (including phenoxy) is 1. The molecule has 0 fully saturated rings. The fourth-order valence-corrected chi connectivity index (χ4v) is 2.45. The molecule has 0 aliphatic heterocycles. The summed E-state index contributed by atoms with van der Waals surface area (Å²) in [5.41, 5.74) is 0.940. The number of alkyl carbamates (subject to hydrolysis) is 1. The molecule has 0 bridgehead atoms. The lowest BCUT2D eigenvalue weighted by atomic mass is 10.1. The molecule has 0 unspecified atom stereocenters. The first-order valence-electron chi connectivity index (χ1n) is 6.33. The number of methoxy groups -OCH3 is 1. The Bertz CT molecular complexity index is 790. The maximum absolute atomic E-state index is 12.2. The van der Waals surface area contributed by atoms with Crippen LogP contribution in [-0.2, 0) is 4.74 Å². The molecule has 7 nitrogen and oxygen atoms in total. The van der Waals surface area contributed by atoms with E-state index in [1.165, 1.54) is 30.3 Å². The SMILES string of the molecule is COC(=O)NC(=O)c1ccsc1NC(=O)c1ccc(C#N)cc1. The third-order valence-electron chi connectivity index (χ3n) is 2.81. The largest absolute Gasteiger partial charge is 0.453 e. The zero-order chi connectivity index (χ0) is 16.8. The van der Waals surface area contributed by atoms with E-state index >= 15 is 0 Å². The molecular formula is C15H11N3O4S. The summed E-state index contributed by atoms with van der Waals surface area (Å²) in [4.78, 5) is 35.1. The smallest absolute Gasteiger partial charge is 0.413 e. The van der Waals surface area contributed by atoms with Crippen LogP contribution in [-0.4, -0.2) is 25.0 Å². The third-order valence-corrected chi connectivity index (χ3v) is 3.64. The predicted octanol–water partition coefficient (Wildman–Crippen LogP) is 2.37. The van der Waals surface area contributed by atoms with Crippen LogP contribution in [0.1, 0.15) is 26.3 Å². The van der Waals surface area contributed by atoms with Gasteiger partial charge in [-0.2, -0.15) is 5.26 Å². The molecular weight excluding hydrogens is 318 g/mol. The Kier molecular flexibility index (Phi) is 5.07.